The average Bonchev–Trinajstić information content (AvgIpc) is 2.83. The van der Waals surface area contributed by atoms with Crippen molar-refractivity contribution in [3.63, 3.8) is 0 Å². The minimum Gasteiger partial charge on any atom is -0.374 e. The first kappa shape index (κ1) is 11.4. The van der Waals surface area contributed by atoms with Gasteiger partial charge in [0.1, 0.15) is 0 Å². The summed E-state index contributed by atoms with van der Waals surface area (Å²) >= 11 is 0. The van der Waals surface area contributed by atoms with Crippen molar-refractivity contribution in [2.45, 2.75) is 58.0 Å². The van der Waals surface area contributed by atoms with Gasteiger partial charge >= 0.3 is 0 Å². The van der Waals surface area contributed by atoms with E-state index in [9.17, 15) is 0 Å². The quantitative estimate of drug-likeness (QED) is 0.592. The molecule has 7 unspecified atom stereocenters. The maximum atomic E-state index is 6.56. The minimum absolute atomic E-state index is 0.341. The van der Waals surface area contributed by atoms with Crippen LogP contribution < -0.4 is 0 Å². The van der Waals surface area contributed by atoms with E-state index < -0.39 is 0 Å². The van der Waals surface area contributed by atoms with Crippen LogP contribution in [0.5, 0.6) is 0 Å². The Labute approximate surface area is 116 Å². The van der Waals surface area contributed by atoms with Crippen LogP contribution in [0.3, 0.4) is 0 Å². The molecule has 3 saturated carbocycles. The summed E-state index contributed by atoms with van der Waals surface area (Å²) in [6.07, 6.45) is 13.4. The molecule has 4 aliphatic carbocycles. The Hall–Kier alpha value is -0.300. The van der Waals surface area contributed by atoms with Gasteiger partial charge in [0.05, 0.1) is 12.2 Å². The Morgan fingerprint density at radius 2 is 2.00 bits per heavy atom. The van der Waals surface area contributed by atoms with Gasteiger partial charge in [-0.1, -0.05) is 26.0 Å². The van der Waals surface area contributed by atoms with Crippen molar-refractivity contribution >= 4 is 0 Å². The van der Waals surface area contributed by atoms with E-state index in [1.54, 1.807) is 0 Å². The van der Waals surface area contributed by atoms with Gasteiger partial charge in [-0.3, -0.25) is 0 Å². The lowest BCUT2D eigenvalue weighted by atomic mass is 9.52. The van der Waals surface area contributed by atoms with E-state index >= 15 is 0 Å². The molecule has 1 heterocycles. The lowest BCUT2D eigenvalue weighted by Crippen LogP contribution is -2.56. The zero-order chi connectivity index (χ0) is 12.9. The molecule has 1 saturated heterocycles. The second kappa shape index (κ2) is 3.13. The summed E-state index contributed by atoms with van der Waals surface area (Å²) in [5.74, 6) is 3.59. The Morgan fingerprint density at radius 3 is 2.84 bits per heavy atom. The fourth-order valence-electron chi connectivity index (χ4n) is 6.91. The van der Waals surface area contributed by atoms with Crippen LogP contribution in [0, 0.1) is 34.5 Å². The van der Waals surface area contributed by atoms with Crippen molar-refractivity contribution in [3.05, 3.63) is 12.2 Å². The first-order valence-corrected chi connectivity index (χ1v) is 8.41. The average molecular weight is 258 g/mol. The molecule has 0 aromatic carbocycles. The number of fused-ring (bicyclic) bond motifs is 4. The third kappa shape index (κ3) is 1.11. The van der Waals surface area contributed by atoms with E-state index in [0.717, 1.165) is 30.3 Å². The van der Waals surface area contributed by atoms with E-state index in [4.69, 9.17) is 4.74 Å². The first-order valence-electron chi connectivity index (χ1n) is 8.41. The van der Waals surface area contributed by atoms with Crippen LogP contribution >= 0.6 is 0 Å². The van der Waals surface area contributed by atoms with Crippen LogP contribution in [-0.4, -0.2) is 12.2 Å². The third-order valence-corrected chi connectivity index (χ3v) is 8.14. The molecule has 4 fully saturated rings. The lowest BCUT2D eigenvalue weighted by Gasteiger charge is -2.57. The molecular formula is C18H26O. The SMILES string of the molecule is CC12C=CCC1C1COC34CC3CCC4(C)C1CC2. The van der Waals surface area contributed by atoms with Crippen molar-refractivity contribution in [2.24, 2.45) is 34.5 Å². The first-order chi connectivity index (χ1) is 9.09. The normalized spacial score (nSPS) is 65.2. The highest BCUT2D eigenvalue weighted by atomic mass is 16.5. The summed E-state index contributed by atoms with van der Waals surface area (Å²) in [4.78, 5) is 0. The van der Waals surface area contributed by atoms with Crippen LogP contribution in [0.15, 0.2) is 12.2 Å². The minimum atomic E-state index is 0.341. The van der Waals surface area contributed by atoms with E-state index in [0.29, 0.717) is 16.4 Å². The monoisotopic (exact) mass is 258 g/mol. The van der Waals surface area contributed by atoms with Crippen molar-refractivity contribution in [2.75, 3.05) is 6.61 Å². The Morgan fingerprint density at radius 1 is 1.11 bits per heavy atom. The number of rotatable bonds is 0. The summed E-state index contributed by atoms with van der Waals surface area (Å²) in [7, 11) is 0. The molecule has 0 radical (unpaired) electrons. The van der Waals surface area contributed by atoms with Gasteiger partial charge in [0, 0.05) is 5.41 Å². The molecule has 5 aliphatic rings. The number of hydrogen-bond acceptors (Lipinski definition) is 1. The molecule has 0 amide bonds. The van der Waals surface area contributed by atoms with E-state index in [-0.39, 0.29) is 0 Å². The molecule has 19 heavy (non-hydrogen) atoms. The van der Waals surface area contributed by atoms with Gasteiger partial charge in [0.2, 0.25) is 0 Å². The van der Waals surface area contributed by atoms with Crippen LogP contribution in [0.4, 0.5) is 0 Å². The summed E-state index contributed by atoms with van der Waals surface area (Å²) in [5, 5.41) is 0. The molecule has 5 rings (SSSR count). The molecular weight excluding hydrogens is 232 g/mol. The topological polar surface area (TPSA) is 9.23 Å². The van der Waals surface area contributed by atoms with Gasteiger partial charge in [0.15, 0.2) is 0 Å². The van der Waals surface area contributed by atoms with Gasteiger partial charge in [-0.15, -0.1) is 0 Å². The molecule has 1 aliphatic heterocycles. The molecule has 0 aromatic rings. The summed E-state index contributed by atoms with van der Waals surface area (Å²) in [6.45, 7) is 6.15. The molecule has 0 bridgehead atoms. The predicted octanol–water partition coefficient (Wildman–Crippen LogP) is 4.18. The highest BCUT2D eigenvalue weighted by Crippen LogP contribution is 2.75. The fourth-order valence-corrected chi connectivity index (χ4v) is 6.91. The maximum Gasteiger partial charge on any atom is 0.0771 e. The Kier molecular flexibility index (Phi) is 1.87. The number of ether oxygens (including phenoxy) is 1. The maximum absolute atomic E-state index is 6.56. The van der Waals surface area contributed by atoms with Gasteiger partial charge in [-0.2, -0.15) is 0 Å². The number of allylic oxidation sites excluding steroid dienone is 2. The van der Waals surface area contributed by atoms with Crippen LogP contribution in [0.1, 0.15) is 52.4 Å². The van der Waals surface area contributed by atoms with E-state index in [1.165, 1.54) is 38.5 Å². The molecule has 104 valence electrons. The van der Waals surface area contributed by atoms with Gasteiger partial charge in [0.25, 0.3) is 0 Å². The zero-order valence-corrected chi connectivity index (χ0v) is 12.3. The highest BCUT2D eigenvalue weighted by Gasteiger charge is 2.75. The third-order valence-electron chi connectivity index (χ3n) is 8.14. The van der Waals surface area contributed by atoms with Crippen molar-refractivity contribution in [3.8, 4) is 0 Å². The summed E-state index contributed by atoms with van der Waals surface area (Å²) in [5.41, 5.74) is 1.35. The predicted molar refractivity (Wildman–Crippen MR) is 75.7 cm³/mol. The smallest absolute Gasteiger partial charge is 0.0771 e. The van der Waals surface area contributed by atoms with E-state index in [2.05, 4.69) is 26.0 Å². The molecule has 0 aromatic heterocycles. The Bertz CT molecular complexity index is 468. The molecule has 7 atom stereocenters. The second-order valence-electron chi connectivity index (χ2n) is 8.62. The van der Waals surface area contributed by atoms with E-state index in [1.807, 2.05) is 0 Å². The molecule has 0 N–H and O–H groups in total. The second-order valence-corrected chi connectivity index (χ2v) is 8.62. The van der Waals surface area contributed by atoms with Crippen LogP contribution in [-0.2, 0) is 4.74 Å². The zero-order valence-electron chi connectivity index (χ0n) is 12.3. The molecule has 1 spiro atoms. The van der Waals surface area contributed by atoms with Gasteiger partial charge in [-0.25, -0.2) is 0 Å². The number of hydrogen-bond donors (Lipinski definition) is 0. The molecule has 1 nitrogen and oxygen atoms in total. The molecule has 1 heteroatoms. The van der Waals surface area contributed by atoms with Gasteiger partial charge < -0.3 is 4.74 Å². The Balaban J connectivity index is 1.54. The van der Waals surface area contributed by atoms with Crippen molar-refractivity contribution < 1.29 is 4.74 Å². The summed E-state index contributed by atoms with van der Waals surface area (Å²) in [6, 6.07) is 0. The fraction of sp³-hybridized carbons (Fsp3) is 0.889. The largest absolute Gasteiger partial charge is 0.374 e. The van der Waals surface area contributed by atoms with Crippen LogP contribution in [0.25, 0.3) is 0 Å². The van der Waals surface area contributed by atoms with Crippen molar-refractivity contribution in [1.29, 1.82) is 0 Å². The van der Waals surface area contributed by atoms with Crippen LogP contribution in [0.2, 0.25) is 0 Å². The van der Waals surface area contributed by atoms with Crippen molar-refractivity contribution in [1.82, 2.24) is 0 Å². The lowest BCUT2D eigenvalue weighted by molar-refractivity contribution is -0.189. The summed E-state index contributed by atoms with van der Waals surface area (Å²) < 4.78 is 6.56. The standard InChI is InChI=1S/C18H26O/c1-16-7-3-4-14(16)13-11-19-18-10-12(18)5-9-17(18,2)15(13)6-8-16/h3,7,12-15H,4-6,8-11H2,1-2H3. The highest BCUT2D eigenvalue weighted by molar-refractivity contribution is 5.26. The van der Waals surface area contributed by atoms with Gasteiger partial charge in [-0.05, 0) is 67.6 Å².